The fourth-order valence-electron chi connectivity index (χ4n) is 2.38. The summed E-state index contributed by atoms with van der Waals surface area (Å²) in [5.74, 6) is 0. The average Bonchev–Trinajstić information content (AvgIpc) is 2.67. The predicted molar refractivity (Wildman–Crippen MR) is 92.3 cm³/mol. The van der Waals surface area contributed by atoms with Gasteiger partial charge in [-0.05, 0) is 57.3 Å². The summed E-state index contributed by atoms with van der Waals surface area (Å²) in [5.41, 5.74) is 14.1. The molecule has 0 spiro atoms. The lowest BCUT2D eigenvalue weighted by Crippen LogP contribution is -2.41. The summed E-state index contributed by atoms with van der Waals surface area (Å²) in [4.78, 5) is 0. The number of nitrogens with two attached hydrogens (primary N) is 2. The highest BCUT2D eigenvalue weighted by Gasteiger charge is 2.52. The van der Waals surface area contributed by atoms with Crippen molar-refractivity contribution in [3.8, 4) is 0 Å². The Morgan fingerprint density at radius 2 is 1.59 bits per heavy atom. The van der Waals surface area contributed by atoms with Crippen molar-refractivity contribution in [2.24, 2.45) is 11.5 Å². The Balaban J connectivity index is 2.18. The normalized spacial score (nSPS) is 20.5. The molecule has 0 aromatic heterocycles. The molecule has 4 nitrogen and oxygen atoms in total. The fourth-order valence-corrected chi connectivity index (χ4v) is 2.38. The zero-order valence-corrected chi connectivity index (χ0v) is 14.1. The van der Waals surface area contributed by atoms with Crippen LogP contribution in [-0.2, 0) is 15.7 Å². The van der Waals surface area contributed by atoms with Gasteiger partial charge in [0.2, 0.25) is 0 Å². The first-order valence-electron chi connectivity index (χ1n) is 7.84. The quantitative estimate of drug-likeness (QED) is 0.818. The zero-order valence-electron chi connectivity index (χ0n) is 14.1. The molecule has 1 aromatic rings. The third-order valence-corrected chi connectivity index (χ3v) is 4.56. The van der Waals surface area contributed by atoms with E-state index < -0.39 is 7.12 Å². The summed E-state index contributed by atoms with van der Waals surface area (Å²) in [6.45, 7) is 9.25. The van der Waals surface area contributed by atoms with Crippen LogP contribution in [-0.4, -0.2) is 31.4 Å². The molecule has 1 fully saturated rings. The van der Waals surface area contributed by atoms with Crippen LogP contribution in [0, 0.1) is 0 Å². The highest BCUT2D eigenvalue weighted by atomic mass is 16.7. The lowest BCUT2D eigenvalue weighted by Gasteiger charge is -2.32. The van der Waals surface area contributed by atoms with E-state index in [4.69, 9.17) is 20.8 Å². The first-order valence-corrected chi connectivity index (χ1v) is 7.84. The maximum Gasteiger partial charge on any atom is 0.491 e. The van der Waals surface area contributed by atoms with Crippen LogP contribution in [0.2, 0.25) is 0 Å². The second-order valence-corrected chi connectivity index (χ2v) is 6.79. The van der Waals surface area contributed by atoms with Crippen LogP contribution in [0.4, 0.5) is 0 Å². The van der Waals surface area contributed by atoms with Crippen molar-refractivity contribution in [3.63, 3.8) is 0 Å². The van der Waals surface area contributed by atoms with Crippen molar-refractivity contribution in [1.82, 2.24) is 0 Å². The van der Waals surface area contributed by atoms with Gasteiger partial charge in [-0.2, -0.15) is 0 Å². The summed E-state index contributed by atoms with van der Waals surface area (Å²) in [5, 5.41) is 0. The van der Waals surface area contributed by atoms with Gasteiger partial charge in [0.15, 0.2) is 0 Å². The lowest BCUT2D eigenvalue weighted by atomic mass is 9.77. The smallest absolute Gasteiger partial charge is 0.400 e. The van der Waals surface area contributed by atoms with Gasteiger partial charge in [-0.15, -0.1) is 0 Å². The Bertz CT molecular complexity index is 522. The Hall–Kier alpha value is -1.14. The standard InChI is InChI=1S/C17H27BN2O2/c1-16(2)17(3,4)22-18(21-16)15(12-20)11-14-7-5-13(6-8-14)9-10-19/h5-8,11H,9-10,12,19-20H2,1-4H3. The SMILES string of the molecule is CC1(C)OB(C(=Cc2ccc(CCN)cc2)CN)OC1(C)C. The second-order valence-electron chi connectivity index (χ2n) is 6.79. The number of benzene rings is 1. The first kappa shape index (κ1) is 17.2. The molecule has 4 N–H and O–H groups in total. The molecule has 0 unspecified atom stereocenters. The van der Waals surface area contributed by atoms with Crippen molar-refractivity contribution in [2.75, 3.05) is 13.1 Å². The molecule has 0 atom stereocenters. The van der Waals surface area contributed by atoms with E-state index >= 15 is 0 Å². The van der Waals surface area contributed by atoms with Crippen molar-refractivity contribution in [2.45, 2.75) is 45.3 Å². The Morgan fingerprint density at radius 1 is 1.05 bits per heavy atom. The average molecular weight is 302 g/mol. The van der Waals surface area contributed by atoms with E-state index in [2.05, 4.69) is 24.3 Å². The number of hydrogen-bond acceptors (Lipinski definition) is 4. The molecular weight excluding hydrogens is 275 g/mol. The maximum absolute atomic E-state index is 6.06. The highest BCUT2D eigenvalue weighted by Crippen LogP contribution is 2.38. The minimum Gasteiger partial charge on any atom is -0.400 e. The molecule has 1 heterocycles. The van der Waals surface area contributed by atoms with Gasteiger partial charge in [-0.3, -0.25) is 0 Å². The maximum atomic E-state index is 6.06. The Morgan fingerprint density at radius 3 is 2.05 bits per heavy atom. The first-order chi connectivity index (χ1) is 10.3. The largest absolute Gasteiger partial charge is 0.491 e. The predicted octanol–water partition coefficient (Wildman–Crippen LogP) is 2.16. The van der Waals surface area contributed by atoms with E-state index in [9.17, 15) is 0 Å². The summed E-state index contributed by atoms with van der Waals surface area (Å²) in [6, 6.07) is 8.34. The van der Waals surface area contributed by atoms with Gasteiger partial charge in [-0.25, -0.2) is 0 Å². The molecule has 5 heteroatoms. The van der Waals surface area contributed by atoms with Crippen LogP contribution in [0.3, 0.4) is 0 Å². The molecule has 1 aromatic carbocycles. The van der Waals surface area contributed by atoms with Crippen LogP contribution in [0.15, 0.2) is 29.7 Å². The van der Waals surface area contributed by atoms with Crippen molar-refractivity contribution < 1.29 is 9.31 Å². The molecule has 1 saturated heterocycles. The zero-order chi connectivity index (χ0) is 16.4. The van der Waals surface area contributed by atoms with E-state index in [-0.39, 0.29) is 11.2 Å². The third kappa shape index (κ3) is 3.61. The van der Waals surface area contributed by atoms with Crippen LogP contribution in [0.25, 0.3) is 6.08 Å². The van der Waals surface area contributed by atoms with Gasteiger partial charge < -0.3 is 20.8 Å². The summed E-state index contributed by atoms with van der Waals surface area (Å²) in [6.07, 6.45) is 2.94. The molecule has 0 radical (unpaired) electrons. The summed E-state index contributed by atoms with van der Waals surface area (Å²) >= 11 is 0. The molecule has 0 saturated carbocycles. The minimum atomic E-state index is -0.390. The molecule has 0 aliphatic carbocycles. The monoisotopic (exact) mass is 302 g/mol. The molecule has 2 rings (SSSR count). The molecule has 0 amide bonds. The van der Waals surface area contributed by atoms with Crippen molar-refractivity contribution >= 4 is 13.2 Å². The van der Waals surface area contributed by atoms with E-state index in [1.807, 2.05) is 33.8 Å². The second kappa shape index (κ2) is 6.55. The van der Waals surface area contributed by atoms with Gasteiger partial charge in [0.1, 0.15) is 0 Å². The summed E-state index contributed by atoms with van der Waals surface area (Å²) < 4.78 is 12.1. The third-order valence-electron chi connectivity index (χ3n) is 4.56. The van der Waals surface area contributed by atoms with Crippen molar-refractivity contribution in [3.05, 3.63) is 40.9 Å². The van der Waals surface area contributed by atoms with Gasteiger partial charge in [0.05, 0.1) is 11.2 Å². The number of rotatable bonds is 5. The molecule has 120 valence electrons. The van der Waals surface area contributed by atoms with Gasteiger partial charge in [0.25, 0.3) is 0 Å². The molecular formula is C17H27BN2O2. The van der Waals surface area contributed by atoms with E-state index in [1.54, 1.807) is 0 Å². The summed E-state index contributed by atoms with van der Waals surface area (Å²) in [7, 11) is -0.390. The van der Waals surface area contributed by atoms with Crippen LogP contribution in [0.5, 0.6) is 0 Å². The fraction of sp³-hybridized carbons (Fsp3) is 0.529. The van der Waals surface area contributed by atoms with Crippen LogP contribution < -0.4 is 11.5 Å². The molecule has 1 aliphatic rings. The van der Waals surface area contributed by atoms with Crippen LogP contribution >= 0.6 is 0 Å². The minimum absolute atomic E-state index is 0.350. The van der Waals surface area contributed by atoms with Crippen LogP contribution in [0.1, 0.15) is 38.8 Å². The van der Waals surface area contributed by atoms with E-state index in [0.29, 0.717) is 13.1 Å². The highest BCUT2D eigenvalue weighted by molar-refractivity contribution is 6.55. The lowest BCUT2D eigenvalue weighted by molar-refractivity contribution is 0.00578. The topological polar surface area (TPSA) is 70.5 Å². The van der Waals surface area contributed by atoms with E-state index in [0.717, 1.165) is 17.5 Å². The van der Waals surface area contributed by atoms with Gasteiger partial charge in [-0.1, -0.05) is 30.3 Å². The molecule has 1 aliphatic heterocycles. The molecule has 22 heavy (non-hydrogen) atoms. The van der Waals surface area contributed by atoms with E-state index in [1.165, 1.54) is 5.56 Å². The van der Waals surface area contributed by atoms with Gasteiger partial charge >= 0.3 is 7.12 Å². The van der Waals surface area contributed by atoms with Gasteiger partial charge in [0, 0.05) is 6.54 Å². The molecule has 0 bridgehead atoms. The Kier molecular flexibility index (Phi) is 5.12. The Labute approximate surface area is 134 Å². The number of hydrogen-bond donors (Lipinski definition) is 2. The van der Waals surface area contributed by atoms with Crippen molar-refractivity contribution in [1.29, 1.82) is 0 Å².